The van der Waals surface area contributed by atoms with E-state index in [0.29, 0.717) is 0 Å². The van der Waals surface area contributed by atoms with Gasteiger partial charge in [-0.05, 0) is 17.5 Å². The van der Waals surface area contributed by atoms with E-state index >= 15 is 0 Å². The summed E-state index contributed by atoms with van der Waals surface area (Å²) >= 11 is 3.39. The summed E-state index contributed by atoms with van der Waals surface area (Å²) < 4.78 is 0.970. The second kappa shape index (κ2) is 2.79. The number of fused-ring (bicyclic) bond motifs is 1. The van der Waals surface area contributed by atoms with Gasteiger partial charge in [-0.2, -0.15) is 0 Å². The Labute approximate surface area is 78.8 Å². The van der Waals surface area contributed by atoms with Crippen molar-refractivity contribution in [1.29, 1.82) is 0 Å². The molecule has 0 atom stereocenters. The van der Waals surface area contributed by atoms with Gasteiger partial charge in [-0.1, -0.05) is 40.2 Å². The standard InChI is InChI=1S/C10H6BrO/c11-9-5-1-4-8-7(9)3-2-6-10(8)12/h1-6H. The van der Waals surface area contributed by atoms with Crippen LogP contribution in [-0.2, 0) is 5.11 Å². The van der Waals surface area contributed by atoms with Gasteiger partial charge in [0.2, 0.25) is 0 Å². The van der Waals surface area contributed by atoms with Gasteiger partial charge in [0.1, 0.15) is 0 Å². The minimum absolute atomic E-state index is 0.0776. The fourth-order valence-electron chi connectivity index (χ4n) is 1.24. The maximum absolute atomic E-state index is 11.3. The van der Waals surface area contributed by atoms with Crippen molar-refractivity contribution in [3.63, 3.8) is 0 Å². The van der Waals surface area contributed by atoms with Gasteiger partial charge in [0.05, 0.1) is 0 Å². The van der Waals surface area contributed by atoms with E-state index in [1.54, 1.807) is 12.1 Å². The van der Waals surface area contributed by atoms with E-state index in [4.69, 9.17) is 0 Å². The third kappa shape index (κ3) is 1.08. The van der Waals surface area contributed by atoms with E-state index in [2.05, 4.69) is 15.9 Å². The Morgan fingerprint density at radius 1 is 0.917 bits per heavy atom. The number of hydrogen-bond donors (Lipinski definition) is 0. The molecule has 12 heavy (non-hydrogen) atoms. The summed E-state index contributed by atoms with van der Waals surface area (Å²) in [5.74, 6) is 0.0776. The summed E-state index contributed by atoms with van der Waals surface area (Å²) in [7, 11) is 0. The molecule has 0 amide bonds. The van der Waals surface area contributed by atoms with Crippen LogP contribution in [-0.4, -0.2) is 0 Å². The minimum atomic E-state index is 0.0776. The summed E-state index contributed by atoms with van der Waals surface area (Å²) in [4.78, 5) is 0. The Balaban J connectivity index is 2.94. The Bertz CT molecular complexity index is 382. The van der Waals surface area contributed by atoms with E-state index in [-0.39, 0.29) is 5.75 Å². The van der Waals surface area contributed by atoms with Gasteiger partial charge in [-0.25, -0.2) is 0 Å². The second-order valence-electron chi connectivity index (χ2n) is 2.59. The van der Waals surface area contributed by atoms with Gasteiger partial charge in [-0.3, -0.25) is 5.11 Å². The fraction of sp³-hybridized carbons (Fsp3) is 0. The Kier molecular flexibility index (Phi) is 1.77. The summed E-state index contributed by atoms with van der Waals surface area (Å²) in [5, 5.41) is 13.1. The molecule has 0 unspecified atom stereocenters. The molecule has 0 N–H and O–H groups in total. The van der Waals surface area contributed by atoms with Crippen molar-refractivity contribution in [2.75, 3.05) is 0 Å². The first-order valence-electron chi connectivity index (χ1n) is 3.63. The Morgan fingerprint density at radius 3 is 2.33 bits per heavy atom. The van der Waals surface area contributed by atoms with Gasteiger partial charge in [-0.15, -0.1) is 0 Å². The molecule has 0 heterocycles. The molecule has 2 heteroatoms. The minimum Gasteiger partial charge on any atom is -0.289 e. The molecule has 2 aromatic carbocycles. The highest BCUT2D eigenvalue weighted by atomic mass is 79.9. The number of halogens is 1. The third-order valence-corrected chi connectivity index (χ3v) is 2.52. The topological polar surface area (TPSA) is 19.9 Å². The third-order valence-electron chi connectivity index (χ3n) is 1.83. The summed E-state index contributed by atoms with van der Waals surface area (Å²) in [6, 6.07) is 10.9. The monoisotopic (exact) mass is 221 g/mol. The van der Waals surface area contributed by atoms with Gasteiger partial charge >= 0.3 is 0 Å². The lowest BCUT2D eigenvalue weighted by Crippen LogP contribution is -1.73. The molecule has 0 aliphatic carbocycles. The van der Waals surface area contributed by atoms with Crippen LogP contribution in [0.5, 0.6) is 5.75 Å². The molecule has 0 spiro atoms. The molecular weight excluding hydrogens is 216 g/mol. The normalized spacial score (nSPS) is 10.4. The van der Waals surface area contributed by atoms with Crippen molar-refractivity contribution in [3.8, 4) is 5.75 Å². The highest BCUT2D eigenvalue weighted by Gasteiger charge is 2.01. The van der Waals surface area contributed by atoms with Crippen LogP contribution >= 0.6 is 15.9 Å². The van der Waals surface area contributed by atoms with Crippen LogP contribution in [0.25, 0.3) is 10.8 Å². The number of benzene rings is 2. The molecule has 0 aliphatic rings. The maximum atomic E-state index is 11.3. The highest BCUT2D eigenvalue weighted by molar-refractivity contribution is 9.10. The molecule has 1 radical (unpaired) electrons. The largest absolute Gasteiger partial charge is 0.289 e. The predicted octanol–water partition coefficient (Wildman–Crippen LogP) is 3.75. The molecule has 0 aliphatic heterocycles. The van der Waals surface area contributed by atoms with E-state index in [9.17, 15) is 5.11 Å². The van der Waals surface area contributed by atoms with Crippen LogP contribution in [0.2, 0.25) is 0 Å². The molecule has 0 saturated carbocycles. The van der Waals surface area contributed by atoms with Crippen LogP contribution in [0.4, 0.5) is 0 Å². The van der Waals surface area contributed by atoms with Crippen LogP contribution in [0, 0.1) is 0 Å². The molecule has 0 fully saturated rings. The number of hydrogen-bond acceptors (Lipinski definition) is 0. The molecule has 2 rings (SSSR count). The van der Waals surface area contributed by atoms with Crippen molar-refractivity contribution in [2.45, 2.75) is 0 Å². The summed E-state index contributed by atoms with van der Waals surface area (Å²) in [6.07, 6.45) is 0. The lowest BCUT2D eigenvalue weighted by Gasteiger charge is -1.99. The molecular formula is C10H6BrO. The van der Waals surface area contributed by atoms with Crippen LogP contribution in [0.1, 0.15) is 0 Å². The first kappa shape index (κ1) is 7.62. The molecule has 1 nitrogen and oxygen atoms in total. The zero-order chi connectivity index (χ0) is 8.55. The van der Waals surface area contributed by atoms with Crippen molar-refractivity contribution in [3.05, 3.63) is 40.9 Å². The fourth-order valence-corrected chi connectivity index (χ4v) is 1.74. The first-order chi connectivity index (χ1) is 5.79. The van der Waals surface area contributed by atoms with Gasteiger partial charge in [0.25, 0.3) is 0 Å². The lowest BCUT2D eigenvalue weighted by atomic mass is 10.1. The molecule has 0 bridgehead atoms. The van der Waals surface area contributed by atoms with Crippen LogP contribution < -0.4 is 0 Å². The molecule has 59 valence electrons. The Hall–Kier alpha value is -1.02. The highest BCUT2D eigenvalue weighted by Crippen LogP contribution is 2.29. The number of rotatable bonds is 0. The smallest absolute Gasteiger partial charge is 0.186 e. The molecule has 0 aromatic heterocycles. The summed E-state index contributed by atoms with van der Waals surface area (Å²) in [5.41, 5.74) is 0. The second-order valence-corrected chi connectivity index (χ2v) is 3.45. The van der Waals surface area contributed by atoms with Crippen molar-refractivity contribution < 1.29 is 5.11 Å². The van der Waals surface area contributed by atoms with Gasteiger partial charge < -0.3 is 0 Å². The van der Waals surface area contributed by atoms with E-state index in [1.807, 2.05) is 24.3 Å². The van der Waals surface area contributed by atoms with Gasteiger partial charge in [0.15, 0.2) is 5.75 Å². The molecule has 2 aromatic rings. The lowest BCUT2D eigenvalue weighted by molar-refractivity contribution is 0.360. The van der Waals surface area contributed by atoms with Crippen molar-refractivity contribution in [1.82, 2.24) is 0 Å². The molecule has 0 saturated heterocycles. The maximum Gasteiger partial charge on any atom is 0.186 e. The van der Waals surface area contributed by atoms with Crippen LogP contribution in [0.15, 0.2) is 40.9 Å². The zero-order valence-corrected chi connectivity index (χ0v) is 7.84. The van der Waals surface area contributed by atoms with E-state index in [0.717, 1.165) is 15.2 Å². The van der Waals surface area contributed by atoms with Crippen LogP contribution in [0.3, 0.4) is 0 Å². The van der Waals surface area contributed by atoms with Crippen molar-refractivity contribution >= 4 is 26.7 Å². The van der Waals surface area contributed by atoms with Gasteiger partial charge in [0, 0.05) is 9.86 Å². The van der Waals surface area contributed by atoms with Crippen molar-refractivity contribution in [2.24, 2.45) is 0 Å². The first-order valence-corrected chi connectivity index (χ1v) is 4.42. The SMILES string of the molecule is [O]c1cccc2c(Br)cccc12. The summed E-state index contributed by atoms with van der Waals surface area (Å²) in [6.45, 7) is 0. The predicted molar refractivity (Wildman–Crippen MR) is 51.8 cm³/mol. The zero-order valence-electron chi connectivity index (χ0n) is 6.25. The average molecular weight is 222 g/mol. The van der Waals surface area contributed by atoms with E-state index in [1.165, 1.54) is 0 Å². The quantitative estimate of drug-likeness (QED) is 0.646. The average Bonchev–Trinajstić information content (AvgIpc) is 2.07. The Morgan fingerprint density at radius 2 is 1.58 bits per heavy atom. The van der Waals surface area contributed by atoms with E-state index < -0.39 is 0 Å².